The lowest BCUT2D eigenvalue weighted by Gasteiger charge is -2.20. The molecule has 0 radical (unpaired) electrons. The maximum absolute atomic E-state index is 11.2. The zero-order valence-electron chi connectivity index (χ0n) is 9.31. The number of carbonyl (C=O) groups is 1. The summed E-state index contributed by atoms with van der Waals surface area (Å²) < 4.78 is 0. The molecule has 0 atom stereocenters. The zero-order valence-corrected chi connectivity index (χ0v) is 9.31. The molecule has 1 aliphatic rings. The van der Waals surface area contributed by atoms with Crippen LogP contribution >= 0.6 is 0 Å². The van der Waals surface area contributed by atoms with E-state index in [0.717, 1.165) is 24.0 Å². The molecule has 84 valence electrons. The molecule has 0 saturated carbocycles. The molecule has 0 bridgehead atoms. The lowest BCUT2D eigenvalue weighted by molar-refractivity contribution is 0.0695. The normalized spacial score (nSPS) is 12.7. The second-order valence-corrected chi connectivity index (χ2v) is 4.37. The second-order valence-electron chi connectivity index (χ2n) is 4.37. The Labute approximate surface area is 99.5 Å². The van der Waals surface area contributed by atoms with Crippen LogP contribution in [0.5, 0.6) is 0 Å². The van der Waals surface area contributed by atoms with Gasteiger partial charge in [-0.25, -0.2) is 4.79 Å². The molecule has 1 aliphatic carbocycles. The number of rotatable bonds is 1. The molecular formula is C15H12O2. The van der Waals surface area contributed by atoms with Gasteiger partial charge in [0.1, 0.15) is 0 Å². The highest BCUT2D eigenvalue weighted by Crippen LogP contribution is 2.29. The van der Waals surface area contributed by atoms with Crippen LogP contribution in [-0.4, -0.2) is 11.1 Å². The van der Waals surface area contributed by atoms with E-state index in [1.54, 1.807) is 6.07 Å². The van der Waals surface area contributed by atoms with E-state index in [1.807, 2.05) is 24.3 Å². The first-order valence-corrected chi connectivity index (χ1v) is 5.66. The van der Waals surface area contributed by atoms with Crippen LogP contribution in [0.2, 0.25) is 0 Å². The Hall–Kier alpha value is -2.09. The van der Waals surface area contributed by atoms with Crippen molar-refractivity contribution >= 4 is 5.97 Å². The Morgan fingerprint density at radius 3 is 2.24 bits per heavy atom. The monoisotopic (exact) mass is 224 g/mol. The number of aromatic carboxylic acids is 1. The summed E-state index contributed by atoms with van der Waals surface area (Å²) in [6.07, 6.45) is 1.57. The molecule has 0 fully saturated rings. The average Bonchev–Trinajstić information content (AvgIpc) is 2.35. The molecule has 2 aromatic carbocycles. The van der Waals surface area contributed by atoms with Crippen molar-refractivity contribution in [2.75, 3.05) is 0 Å². The summed E-state index contributed by atoms with van der Waals surface area (Å²) >= 11 is 0. The van der Waals surface area contributed by atoms with Crippen LogP contribution in [0.3, 0.4) is 0 Å². The Morgan fingerprint density at radius 2 is 1.53 bits per heavy atom. The van der Waals surface area contributed by atoms with Crippen molar-refractivity contribution in [3.8, 4) is 0 Å². The predicted molar refractivity (Wildman–Crippen MR) is 65.5 cm³/mol. The van der Waals surface area contributed by atoms with Gasteiger partial charge in [-0.15, -0.1) is 0 Å². The summed E-state index contributed by atoms with van der Waals surface area (Å²) in [6.45, 7) is 0. The number of carboxylic acid groups (broad SMARTS) is 1. The van der Waals surface area contributed by atoms with Crippen molar-refractivity contribution in [2.24, 2.45) is 0 Å². The maximum atomic E-state index is 11.2. The van der Waals surface area contributed by atoms with E-state index in [4.69, 9.17) is 0 Å². The summed E-state index contributed by atoms with van der Waals surface area (Å²) in [5.74, 6) is -0.832. The molecule has 2 aromatic rings. The molecule has 2 nitrogen and oxygen atoms in total. The van der Waals surface area contributed by atoms with Gasteiger partial charge in [-0.2, -0.15) is 0 Å². The molecule has 0 saturated heterocycles. The van der Waals surface area contributed by atoms with Crippen LogP contribution in [0.25, 0.3) is 0 Å². The van der Waals surface area contributed by atoms with E-state index < -0.39 is 5.97 Å². The maximum Gasteiger partial charge on any atom is 0.335 e. The number of hydrogen-bond acceptors (Lipinski definition) is 1. The fraction of sp³-hybridized carbons (Fsp3) is 0.133. The Kier molecular flexibility index (Phi) is 2.22. The van der Waals surface area contributed by atoms with Gasteiger partial charge in [-0.3, -0.25) is 0 Å². The summed E-state index contributed by atoms with van der Waals surface area (Å²) in [5.41, 5.74) is 5.11. The molecule has 3 rings (SSSR count). The minimum Gasteiger partial charge on any atom is -0.478 e. The number of hydrogen-bond donors (Lipinski definition) is 1. The molecule has 0 spiro atoms. The van der Waals surface area contributed by atoms with Crippen molar-refractivity contribution < 1.29 is 9.90 Å². The zero-order chi connectivity index (χ0) is 11.8. The Morgan fingerprint density at radius 1 is 0.882 bits per heavy atom. The molecule has 0 unspecified atom stereocenters. The van der Waals surface area contributed by atoms with Crippen LogP contribution in [0.4, 0.5) is 0 Å². The van der Waals surface area contributed by atoms with Gasteiger partial charge in [-0.1, -0.05) is 36.4 Å². The van der Waals surface area contributed by atoms with Gasteiger partial charge < -0.3 is 5.11 Å². The van der Waals surface area contributed by atoms with E-state index in [-0.39, 0.29) is 0 Å². The molecular weight excluding hydrogens is 212 g/mol. The van der Waals surface area contributed by atoms with Gasteiger partial charge in [0, 0.05) is 0 Å². The van der Waals surface area contributed by atoms with Crippen molar-refractivity contribution in [1.29, 1.82) is 0 Å². The van der Waals surface area contributed by atoms with E-state index in [1.165, 1.54) is 11.1 Å². The fourth-order valence-electron chi connectivity index (χ4n) is 2.51. The van der Waals surface area contributed by atoms with Gasteiger partial charge in [0.05, 0.1) is 5.56 Å². The van der Waals surface area contributed by atoms with Crippen molar-refractivity contribution in [2.45, 2.75) is 12.8 Å². The van der Waals surface area contributed by atoms with E-state index in [9.17, 15) is 9.90 Å². The predicted octanol–water partition coefficient (Wildman–Crippen LogP) is 2.88. The van der Waals surface area contributed by atoms with Gasteiger partial charge in [-0.05, 0) is 41.2 Å². The van der Waals surface area contributed by atoms with E-state index in [2.05, 4.69) is 12.1 Å². The van der Waals surface area contributed by atoms with Gasteiger partial charge >= 0.3 is 5.97 Å². The van der Waals surface area contributed by atoms with Crippen LogP contribution in [-0.2, 0) is 12.8 Å². The summed E-state index contributed by atoms with van der Waals surface area (Å²) in [5, 5.41) is 9.19. The summed E-state index contributed by atoms with van der Waals surface area (Å²) in [4.78, 5) is 11.2. The number of benzene rings is 2. The van der Waals surface area contributed by atoms with Crippen LogP contribution in [0.1, 0.15) is 32.6 Å². The lowest BCUT2D eigenvalue weighted by Crippen LogP contribution is -2.12. The molecule has 0 amide bonds. The second kappa shape index (κ2) is 3.74. The first-order valence-electron chi connectivity index (χ1n) is 5.66. The molecule has 1 N–H and O–H groups in total. The first kappa shape index (κ1) is 10.1. The highest BCUT2D eigenvalue weighted by atomic mass is 16.4. The van der Waals surface area contributed by atoms with Crippen LogP contribution in [0.15, 0.2) is 42.5 Å². The molecule has 0 aliphatic heterocycles. The fourth-order valence-corrected chi connectivity index (χ4v) is 2.51. The van der Waals surface area contributed by atoms with Crippen LogP contribution in [0, 0.1) is 0 Å². The van der Waals surface area contributed by atoms with Crippen molar-refractivity contribution in [3.05, 3.63) is 70.3 Å². The third kappa shape index (κ3) is 1.62. The highest BCUT2D eigenvalue weighted by molar-refractivity contribution is 5.90. The summed E-state index contributed by atoms with van der Waals surface area (Å²) in [6, 6.07) is 13.8. The van der Waals surface area contributed by atoms with Crippen molar-refractivity contribution in [1.82, 2.24) is 0 Å². The largest absolute Gasteiger partial charge is 0.478 e. The number of carboxylic acids is 1. The first-order chi connectivity index (χ1) is 8.25. The minimum atomic E-state index is -0.832. The minimum absolute atomic E-state index is 0.442. The van der Waals surface area contributed by atoms with Gasteiger partial charge in [0.25, 0.3) is 0 Å². The average molecular weight is 224 g/mol. The van der Waals surface area contributed by atoms with Crippen molar-refractivity contribution in [3.63, 3.8) is 0 Å². The number of fused-ring (bicyclic) bond motifs is 2. The third-order valence-corrected chi connectivity index (χ3v) is 3.37. The third-order valence-electron chi connectivity index (χ3n) is 3.37. The van der Waals surface area contributed by atoms with E-state index in [0.29, 0.717) is 5.56 Å². The molecule has 2 heteroatoms. The molecule has 0 heterocycles. The summed E-state index contributed by atoms with van der Waals surface area (Å²) in [7, 11) is 0. The Bertz CT molecular complexity index is 600. The topological polar surface area (TPSA) is 37.3 Å². The van der Waals surface area contributed by atoms with Gasteiger partial charge in [0.2, 0.25) is 0 Å². The molecule has 0 aromatic heterocycles. The SMILES string of the molecule is O=C(O)c1cccc2c1Cc1ccccc1C2. The lowest BCUT2D eigenvalue weighted by atomic mass is 9.84. The highest BCUT2D eigenvalue weighted by Gasteiger charge is 2.19. The Balaban J connectivity index is 2.15. The standard InChI is InChI=1S/C15H12O2/c16-15(17)13-7-3-6-12-8-10-4-1-2-5-11(10)9-14(12)13/h1-7H,8-9H2,(H,16,17). The van der Waals surface area contributed by atoms with E-state index >= 15 is 0 Å². The quantitative estimate of drug-likeness (QED) is 0.690. The van der Waals surface area contributed by atoms with Gasteiger partial charge in [0.15, 0.2) is 0 Å². The van der Waals surface area contributed by atoms with Crippen LogP contribution < -0.4 is 0 Å². The smallest absolute Gasteiger partial charge is 0.335 e. The molecule has 17 heavy (non-hydrogen) atoms.